The van der Waals surface area contributed by atoms with Gasteiger partial charge >= 0.3 is 0 Å². The zero-order valence-corrected chi connectivity index (χ0v) is 20.8. The maximum Gasteiger partial charge on any atom is 0.276 e. The molecule has 1 N–H and O–H groups in total. The Morgan fingerprint density at radius 1 is 1.09 bits per heavy atom. The Balaban J connectivity index is 1.67. The largest absolute Gasteiger partial charge is 0.379 e. The summed E-state index contributed by atoms with van der Waals surface area (Å²) in [4.78, 5) is 26.3. The molecule has 186 valence electrons. The number of anilines is 1. The van der Waals surface area contributed by atoms with E-state index in [0.29, 0.717) is 41.8 Å². The Kier molecular flexibility index (Phi) is 7.63. The number of hydrogen-bond donors (Lipinski definition) is 1. The maximum atomic E-state index is 13.3. The average Bonchev–Trinajstić information content (AvgIpc) is 2.87. The Labute approximate surface area is 204 Å². The first-order chi connectivity index (χ1) is 16.8. The molecule has 1 saturated heterocycles. The first-order valence-corrected chi connectivity index (χ1v) is 13.3. The normalized spacial score (nSPS) is 14.8. The summed E-state index contributed by atoms with van der Waals surface area (Å²) in [5.74, 6) is -0.510. The highest BCUT2D eigenvalue weighted by molar-refractivity contribution is 7.89. The molecule has 0 saturated carbocycles. The maximum absolute atomic E-state index is 13.3. The van der Waals surface area contributed by atoms with E-state index in [9.17, 15) is 18.0 Å². The minimum absolute atomic E-state index is 0.120. The molecular weight excluding hydrogens is 468 g/mol. The summed E-state index contributed by atoms with van der Waals surface area (Å²) in [6.07, 6.45) is 2.73. The third-order valence-electron chi connectivity index (χ3n) is 6.09. The summed E-state index contributed by atoms with van der Waals surface area (Å²) >= 11 is 0. The number of nitrogens with one attached hydrogen (secondary N) is 1. The van der Waals surface area contributed by atoms with Gasteiger partial charge in [-0.25, -0.2) is 13.1 Å². The van der Waals surface area contributed by atoms with E-state index < -0.39 is 15.9 Å². The predicted molar refractivity (Wildman–Crippen MR) is 134 cm³/mol. The van der Waals surface area contributed by atoms with E-state index in [1.807, 2.05) is 0 Å². The van der Waals surface area contributed by atoms with Crippen LogP contribution in [0.25, 0.3) is 10.8 Å². The van der Waals surface area contributed by atoms with Gasteiger partial charge in [-0.2, -0.15) is 9.40 Å². The lowest BCUT2D eigenvalue weighted by molar-refractivity contribution is 0.0730. The van der Waals surface area contributed by atoms with Gasteiger partial charge in [-0.15, -0.1) is 0 Å². The fraction of sp³-hybridized carbons (Fsp3) is 0.400. The van der Waals surface area contributed by atoms with Crippen molar-refractivity contribution in [3.05, 3.63) is 64.1 Å². The monoisotopic (exact) mass is 498 g/mol. The van der Waals surface area contributed by atoms with Gasteiger partial charge in [0.05, 0.1) is 23.5 Å². The molecule has 0 bridgehead atoms. The van der Waals surface area contributed by atoms with Crippen molar-refractivity contribution >= 4 is 32.4 Å². The van der Waals surface area contributed by atoms with Crippen molar-refractivity contribution in [2.75, 3.05) is 31.6 Å². The third-order valence-corrected chi connectivity index (χ3v) is 8.13. The SMILES string of the molecule is CCCCCn1nc(C(=O)Nc2ccc(C)c(S(=O)(=O)N3CCOCC3)c2)c2ccccc2c1=O. The number of ether oxygens (including phenoxy) is 1. The molecule has 0 radical (unpaired) electrons. The highest BCUT2D eigenvalue weighted by Crippen LogP contribution is 2.25. The molecule has 0 spiro atoms. The lowest BCUT2D eigenvalue weighted by atomic mass is 10.1. The Bertz CT molecular complexity index is 1390. The zero-order chi connectivity index (χ0) is 25.0. The van der Waals surface area contributed by atoms with Gasteiger partial charge in [-0.1, -0.05) is 44.0 Å². The van der Waals surface area contributed by atoms with Crippen molar-refractivity contribution in [1.82, 2.24) is 14.1 Å². The molecule has 1 amide bonds. The fourth-order valence-electron chi connectivity index (χ4n) is 4.14. The van der Waals surface area contributed by atoms with Gasteiger partial charge in [-0.3, -0.25) is 9.59 Å². The van der Waals surface area contributed by atoms with Crippen LogP contribution in [-0.4, -0.2) is 54.7 Å². The molecule has 1 aliphatic rings. The van der Waals surface area contributed by atoms with Crippen LogP contribution in [0.4, 0.5) is 5.69 Å². The molecule has 2 heterocycles. The number of morpholine rings is 1. The van der Waals surface area contributed by atoms with Crippen LogP contribution < -0.4 is 10.9 Å². The minimum Gasteiger partial charge on any atom is -0.379 e. The van der Waals surface area contributed by atoms with Crippen molar-refractivity contribution in [1.29, 1.82) is 0 Å². The molecule has 3 aromatic rings. The molecule has 9 nitrogen and oxygen atoms in total. The number of aromatic nitrogens is 2. The number of nitrogens with zero attached hydrogens (tertiary/aromatic N) is 3. The van der Waals surface area contributed by atoms with Crippen LogP contribution in [0, 0.1) is 6.92 Å². The van der Waals surface area contributed by atoms with Gasteiger partial charge in [0.2, 0.25) is 10.0 Å². The standard InChI is InChI=1S/C25H30N4O5S/c1-3-4-7-12-29-25(31)21-9-6-5-8-20(21)23(27-29)24(30)26-19-11-10-18(2)22(17-19)35(32,33)28-13-15-34-16-14-28/h5-6,8-11,17H,3-4,7,12-16H2,1-2H3,(H,26,30). The number of aryl methyl sites for hydroxylation is 2. The average molecular weight is 499 g/mol. The smallest absolute Gasteiger partial charge is 0.276 e. The van der Waals surface area contributed by atoms with Crippen molar-refractivity contribution in [2.45, 2.75) is 44.6 Å². The van der Waals surface area contributed by atoms with Crippen LogP contribution in [0.3, 0.4) is 0 Å². The molecule has 2 aromatic carbocycles. The third kappa shape index (κ3) is 5.29. The van der Waals surface area contributed by atoms with Crippen molar-refractivity contribution in [2.24, 2.45) is 0 Å². The van der Waals surface area contributed by atoms with Gasteiger partial charge in [0.25, 0.3) is 11.5 Å². The summed E-state index contributed by atoms with van der Waals surface area (Å²) in [6, 6.07) is 11.7. The number of carbonyl (C=O) groups is 1. The Hall–Kier alpha value is -3.08. The van der Waals surface area contributed by atoms with E-state index in [-0.39, 0.29) is 29.2 Å². The number of benzene rings is 2. The second-order valence-electron chi connectivity index (χ2n) is 8.58. The Morgan fingerprint density at radius 3 is 2.51 bits per heavy atom. The molecule has 1 aliphatic heterocycles. The molecular formula is C25H30N4O5S. The van der Waals surface area contributed by atoms with Gasteiger partial charge in [0, 0.05) is 30.7 Å². The number of fused-ring (bicyclic) bond motifs is 1. The number of unbranched alkanes of at least 4 members (excludes halogenated alkanes) is 2. The van der Waals surface area contributed by atoms with Crippen LogP contribution in [0.5, 0.6) is 0 Å². The highest BCUT2D eigenvalue weighted by atomic mass is 32.2. The second kappa shape index (κ2) is 10.7. The molecule has 0 unspecified atom stereocenters. The van der Waals surface area contributed by atoms with Crippen LogP contribution >= 0.6 is 0 Å². The van der Waals surface area contributed by atoms with Gasteiger partial charge in [0.15, 0.2) is 5.69 Å². The molecule has 0 aliphatic carbocycles. The lowest BCUT2D eigenvalue weighted by Gasteiger charge is -2.26. The van der Waals surface area contributed by atoms with E-state index in [2.05, 4.69) is 17.3 Å². The zero-order valence-electron chi connectivity index (χ0n) is 20.0. The summed E-state index contributed by atoms with van der Waals surface area (Å²) in [5, 5.41) is 8.04. The Morgan fingerprint density at radius 2 is 1.80 bits per heavy atom. The van der Waals surface area contributed by atoms with Crippen LogP contribution in [0.1, 0.15) is 42.2 Å². The van der Waals surface area contributed by atoms with Gasteiger partial charge in [-0.05, 0) is 37.1 Å². The van der Waals surface area contributed by atoms with Crippen molar-refractivity contribution in [3.8, 4) is 0 Å². The van der Waals surface area contributed by atoms with Crippen LogP contribution in [-0.2, 0) is 21.3 Å². The van der Waals surface area contributed by atoms with Crippen LogP contribution in [0.2, 0.25) is 0 Å². The van der Waals surface area contributed by atoms with E-state index in [0.717, 1.165) is 19.3 Å². The van der Waals surface area contributed by atoms with Gasteiger partial charge in [0.1, 0.15) is 0 Å². The first-order valence-electron chi connectivity index (χ1n) is 11.8. The first kappa shape index (κ1) is 25.0. The predicted octanol–water partition coefficient (Wildman–Crippen LogP) is 3.17. The van der Waals surface area contributed by atoms with Crippen molar-refractivity contribution in [3.63, 3.8) is 0 Å². The van der Waals surface area contributed by atoms with Crippen molar-refractivity contribution < 1.29 is 17.9 Å². The number of hydrogen-bond acceptors (Lipinski definition) is 6. The highest BCUT2D eigenvalue weighted by Gasteiger charge is 2.28. The summed E-state index contributed by atoms with van der Waals surface area (Å²) in [6.45, 7) is 5.49. The van der Waals surface area contributed by atoms with Gasteiger partial charge < -0.3 is 10.1 Å². The molecule has 10 heteroatoms. The molecule has 1 fully saturated rings. The number of rotatable bonds is 8. The summed E-state index contributed by atoms with van der Waals surface area (Å²) < 4.78 is 34.4. The number of sulfonamides is 1. The second-order valence-corrected chi connectivity index (χ2v) is 10.5. The lowest BCUT2D eigenvalue weighted by Crippen LogP contribution is -2.40. The minimum atomic E-state index is -3.73. The molecule has 0 atom stereocenters. The van der Waals surface area contributed by atoms with E-state index in [4.69, 9.17) is 4.74 Å². The van der Waals surface area contributed by atoms with E-state index in [1.54, 1.807) is 43.3 Å². The quantitative estimate of drug-likeness (QED) is 0.478. The number of amides is 1. The molecule has 1 aromatic heterocycles. The fourth-order valence-corrected chi connectivity index (χ4v) is 5.80. The summed E-state index contributed by atoms with van der Waals surface area (Å²) in [5.41, 5.74) is 0.807. The van der Waals surface area contributed by atoms with E-state index >= 15 is 0 Å². The topological polar surface area (TPSA) is 111 Å². The van der Waals surface area contributed by atoms with Crippen LogP contribution in [0.15, 0.2) is 52.2 Å². The van der Waals surface area contributed by atoms with E-state index in [1.165, 1.54) is 15.1 Å². The molecule has 4 rings (SSSR count). The summed E-state index contributed by atoms with van der Waals surface area (Å²) in [7, 11) is -3.73. The molecule has 35 heavy (non-hydrogen) atoms. The number of carbonyl (C=O) groups excluding carboxylic acids is 1.